The van der Waals surface area contributed by atoms with E-state index < -0.39 is 11.8 Å². The molecule has 1 aliphatic heterocycles. The lowest BCUT2D eigenvalue weighted by atomic mass is 9.81. The van der Waals surface area contributed by atoms with Crippen LogP contribution in [0.3, 0.4) is 0 Å². The maximum atomic E-state index is 13.5. The van der Waals surface area contributed by atoms with Crippen LogP contribution < -0.4 is 0 Å². The molecule has 1 nitrogen and oxygen atoms in total. The van der Waals surface area contributed by atoms with Gasteiger partial charge in [0.1, 0.15) is 0 Å². The molecule has 2 atom stereocenters. The molecule has 3 heteroatoms. The number of nitrogens with zero attached hydrogens (tertiary/aromatic N) is 1. The van der Waals surface area contributed by atoms with Crippen molar-refractivity contribution in [2.75, 3.05) is 20.1 Å². The highest BCUT2D eigenvalue weighted by atomic mass is 19.3. The Bertz CT molecular complexity index is 183. The molecule has 1 aliphatic rings. The number of likely N-dealkylation sites (tertiary alicyclic amines) is 1. The molecule has 0 aromatic heterocycles. The zero-order chi connectivity index (χ0) is 12.8. The second-order valence-corrected chi connectivity index (χ2v) is 4.65. The van der Waals surface area contributed by atoms with E-state index in [2.05, 4.69) is 6.92 Å². The molecule has 0 spiro atoms. The van der Waals surface area contributed by atoms with Gasteiger partial charge in [0.15, 0.2) is 0 Å². The predicted molar refractivity (Wildman–Crippen MR) is 66.0 cm³/mol. The Morgan fingerprint density at radius 2 is 1.88 bits per heavy atom. The summed E-state index contributed by atoms with van der Waals surface area (Å²) in [7, 11) is 1.79. The number of hydrogen-bond donors (Lipinski definition) is 0. The van der Waals surface area contributed by atoms with E-state index in [0.717, 1.165) is 25.8 Å². The molecule has 0 N–H and O–H groups in total. The lowest BCUT2D eigenvalue weighted by Crippen LogP contribution is -2.50. The second-order valence-electron chi connectivity index (χ2n) is 4.65. The first kappa shape index (κ1) is 15.8. The quantitative estimate of drug-likeness (QED) is 0.713. The van der Waals surface area contributed by atoms with E-state index in [1.165, 1.54) is 0 Å². The number of hydrogen-bond acceptors (Lipinski definition) is 1. The maximum absolute atomic E-state index is 13.5. The van der Waals surface area contributed by atoms with Gasteiger partial charge in [-0.15, -0.1) is 0 Å². The van der Waals surface area contributed by atoms with Crippen molar-refractivity contribution in [2.45, 2.75) is 52.9 Å². The fourth-order valence-electron chi connectivity index (χ4n) is 2.28. The minimum absolute atomic E-state index is 0.0726. The van der Waals surface area contributed by atoms with E-state index in [9.17, 15) is 8.78 Å². The minimum Gasteiger partial charge on any atom is -0.300 e. The summed E-state index contributed by atoms with van der Waals surface area (Å²) in [6, 6.07) is 0. The molecule has 1 heterocycles. The highest BCUT2D eigenvalue weighted by molar-refractivity contribution is 4.88. The first-order chi connectivity index (χ1) is 7.47. The molecule has 16 heavy (non-hydrogen) atoms. The molecule has 1 fully saturated rings. The van der Waals surface area contributed by atoms with Crippen LogP contribution in [0.15, 0.2) is 0 Å². The van der Waals surface area contributed by atoms with Gasteiger partial charge in [0.25, 0.3) is 5.92 Å². The zero-order valence-corrected chi connectivity index (χ0v) is 11.4. The first-order valence-electron chi connectivity index (χ1n) is 6.53. The summed E-state index contributed by atoms with van der Waals surface area (Å²) in [6.07, 6.45) is 3.11. The Balaban J connectivity index is 0.00000106. The third kappa shape index (κ3) is 4.36. The minimum atomic E-state index is -2.49. The lowest BCUT2D eigenvalue weighted by molar-refractivity contribution is -0.124. The number of halogens is 2. The SMILES string of the molecule is CC.CCCCC1CN(C)CC(F)(F)C1C. The van der Waals surface area contributed by atoms with Crippen LogP contribution in [0.5, 0.6) is 0 Å². The van der Waals surface area contributed by atoms with Gasteiger partial charge in [-0.25, -0.2) is 8.78 Å². The van der Waals surface area contributed by atoms with E-state index in [1.54, 1.807) is 18.9 Å². The van der Waals surface area contributed by atoms with Crippen molar-refractivity contribution in [3.63, 3.8) is 0 Å². The van der Waals surface area contributed by atoms with Crippen LogP contribution in [0.25, 0.3) is 0 Å². The van der Waals surface area contributed by atoms with Crippen LogP contribution in [0.4, 0.5) is 8.78 Å². The van der Waals surface area contributed by atoms with Crippen molar-refractivity contribution in [3.8, 4) is 0 Å². The van der Waals surface area contributed by atoms with E-state index in [0.29, 0.717) is 0 Å². The summed E-state index contributed by atoms with van der Waals surface area (Å²) in [5.74, 6) is -2.78. The Morgan fingerprint density at radius 1 is 1.31 bits per heavy atom. The molecule has 98 valence electrons. The van der Waals surface area contributed by atoms with Gasteiger partial charge in [-0.2, -0.15) is 0 Å². The Morgan fingerprint density at radius 3 is 2.38 bits per heavy atom. The Kier molecular flexibility index (Phi) is 7.12. The van der Waals surface area contributed by atoms with Crippen molar-refractivity contribution < 1.29 is 8.78 Å². The highest BCUT2D eigenvalue weighted by Crippen LogP contribution is 2.37. The molecule has 0 radical (unpaired) electrons. The van der Waals surface area contributed by atoms with Gasteiger partial charge in [-0.1, -0.05) is 40.5 Å². The van der Waals surface area contributed by atoms with E-state index in [4.69, 9.17) is 0 Å². The number of rotatable bonds is 3. The smallest absolute Gasteiger partial charge is 0.263 e. The fourth-order valence-corrected chi connectivity index (χ4v) is 2.28. The van der Waals surface area contributed by atoms with Crippen LogP contribution in [-0.2, 0) is 0 Å². The fraction of sp³-hybridized carbons (Fsp3) is 1.00. The molecule has 1 saturated heterocycles. The topological polar surface area (TPSA) is 3.24 Å². The normalized spacial score (nSPS) is 29.4. The average Bonchev–Trinajstić information content (AvgIpc) is 2.23. The van der Waals surface area contributed by atoms with Crippen molar-refractivity contribution in [1.29, 1.82) is 0 Å². The molecule has 0 aliphatic carbocycles. The lowest BCUT2D eigenvalue weighted by Gasteiger charge is -2.40. The molecule has 0 amide bonds. The summed E-state index contributed by atoms with van der Waals surface area (Å²) >= 11 is 0. The summed E-state index contributed by atoms with van der Waals surface area (Å²) in [6.45, 7) is 8.57. The van der Waals surface area contributed by atoms with Crippen molar-refractivity contribution in [3.05, 3.63) is 0 Å². The van der Waals surface area contributed by atoms with Crippen LogP contribution >= 0.6 is 0 Å². The summed E-state index contributed by atoms with van der Waals surface area (Å²) < 4.78 is 27.0. The Labute approximate surface area is 99.2 Å². The maximum Gasteiger partial charge on any atom is 0.263 e. The molecule has 2 unspecified atom stereocenters. The number of unbranched alkanes of at least 4 members (excludes halogenated alkanes) is 1. The van der Waals surface area contributed by atoms with Crippen LogP contribution in [0.2, 0.25) is 0 Å². The third-order valence-electron chi connectivity index (χ3n) is 3.33. The number of piperidine rings is 1. The molecular weight excluding hydrogens is 208 g/mol. The van der Waals surface area contributed by atoms with Crippen molar-refractivity contribution in [2.24, 2.45) is 11.8 Å². The molecule has 0 aromatic carbocycles. The van der Waals surface area contributed by atoms with Gasteiger partial charge >= 0.3 is 0 Å². The second kappa shape index (κ2) is 7.21. The average molecular weight is 235 g/mol. The standard InChI is InChI=1S/C11H21F2N.C2H6/c1-4-5-6-10-7-14(3)8-11(12,13)9(10)2;1-2/h9-10H,4-8H2,1-3H3;1-2H3. The third-order valence-corrected chi connectivity index (χ3v) is 3.33. The van der Waals surface area contributed by atoms with Gasteiger partial charge in [0, 0.05) is 12.5 Å². The van der Waals surface area contributed by atoms with Crippen LogP contribution in [-0.4, -0.2) is 31.0 Å². The predicted octanol–water partition coefficient (Wildman–Crippen LogP) is 4.04. The largest absolute Gasteiger partial charge is 0.300 e. The van der Waals surface area contributed by atoms with Gasteiger partial charge in [-0.3, -0.25) is 0 Å². The molecule has 0 saturated carbocycles. The summed E-state index contributed by atoms with van der Waals surface area (Å²) in [5.41, 5.74) is 0. The Hall–Kier alpha value is -0.180. The molecular formula is C13H27F2N. The van der Waals surface area contributed by atoms with Crippen LogP contribution in [0, 0.1) is 11.8 Å². The molecule has 1 rings (SSSR count). The first-order valence-corrected chi connectivity index (χ1v) is 6.53. The highest BCUT2D eigenvalue weighted by Gasteiger charge is 2.45. The molecule has 0 aromatic rings. The van der Waals surface area contributed by atoms with Crippen molar-refractivity contribution >= 4 is 0 Å². The van der Waals surface area contributed by atoms with Gasteiger partial charge in [0.2, 0.25) is 0 Å². The summed E-state index contributed by atoms with van der Waals surface area (Å²) in [4.78, 5) is 1.76. The van der Waals surface area contributed by atoms with Gasteiger partial charge < -0.3 is 4.90 Å². The summed E-state index contributed by atoms with van der Waals surface area (Å²) in [5, 5.41) is 0. The van der Waals surface area contributed by atoms with E-state index in [1.807, 2.05) is 13.8 Å². The molecule has 0 bridgehead atoms. The van der Waals surface area contributed by atoms with Crippen LogP contribution in [0.1, 0.15) is 47.0 Å². The van der Waals surface area contributed by atoms with E-state index >= 15 is 0 Å². The monoisotopic (exact) mass is 235 g/mol. The number of alkyl halides is 2. The van der Waals surface area contributed by atoms with E-state index in [-0.39, 0.29) is 12.5 Å². The van der Waals surface area contributed by atoms with Gasteiger partial charge in [0.05, 0.1) is 6.54 Å². The van der Waals surface area contributed by atoms with Gasteiger partial charge in [-0.05, 0) is 19.4 Å². The van der Waals surface area contributed by atoms with Crippen molar-refractivity contribution in [1.82, 2.24) is 4.90 Å². The zero-order valence-electron chi connectivity index (χ0n) is 11.4.